The number of anilines is 1. The van der Waals surface area contributed by atoms with Crippen molar-refractivity contribution in [2.45, 2.75) is 121 Å². The molecule has 0 amide bonds. The van der Waals surface area contributed by atoms with E-state index in [4.69, 9.17) is 21.1 Å². The molecule has 9 heteroatoms. The van der Waals surface area contributed by atoms with Crippen LogP contribution in [0.1, 0.15) is 112 Å². The van der Waals surface area contributed by atoms with Crippen LogP contribution in [0.4, 0.5) is 10.1 Å². The smallest absolute Gasteiger partial charge is 0.329 e. The average molecular weight is 810 g/mol. The number of carbonyl (C=O) groups is 1. The van der Waals surface area contributed by atoms with E-state index in [9.17, 15) is 14.3 Å². The molecular formula is C49H61ClFN3O4. The maximum absolute atomic E-state index is 13.3. The number of benzene rings is 3. The van der Waals surface area contributed by atoms with Crippen LogP contribution in [0.3, 0.4) is 0 Å². The maximum Gasteiger partial charge on any atom is 0.329 e. The number of carboxylic acids is 1. The molecule has 3 aliphatic rings. The van der Waals surface area contributed by atoms with Crippen LogP contribution in [0.2, 0.25) is 5.02 Å². The number of hydrogen-bond donors (Lipinski definition) is 2. The van der Waals surface area contributed by atoms with Gasteiger partial charge in [-0.1, -0.05) is 49.7 Å². The Balaban J connectivity index is 1.04. The molecule has 7 nitrogen and oxygen atoms in total. The molecule has 7 rings (SSSR count). The lowest BCUT2D eigenvalue weighted by molar-refractivity contribution is -0.144. The third-order valence-electron chi connectivity index (χ3n) is 13.4. The molecule has 2 N–H and O–H groups in total. The first-order chi connectivity index (χ1) is 27.9. The van der Waals surface area contributed by atoms with Crippen molar-refractivity contribution < 1.29 is 23.8 Å². The Kier molecular flexibility index (Phi) is 13.3. The van der Waals surface area contributed by atoms with Crippen LogP contribution in [0.5, 0.6) is 11.5 Å². The normalized spacial score (nSPS) is 23.6. The fourth-order valence-corrected chi connectivity index (χ4v) is 10.4. The highest BCUT2D eigenvalue weighted by Crippen LogP contribution is 2.57. The molecule has 1 fully saturated rings. The van der Waals surface area contributed by atoms with E-state index < -0.39 is 11.5 Å². The number of rotatable bonds is 17. The molecule has 2 unspecified atom stereocenters. The van der Waals surface area contributed by atoms with E-state index in [1.807, 2.05) is 48.7 Å². The van der Waals surface area contributed by atoms with Gasteiger partial charge in [0, 0.05) is 34.7 Å². The number of hydrogen-bond acceptors (Lipinski definition) is 6. The maximum atomic E-state index is 13.3. The topological polar surface area (TPSA) is 83.9 Å². The van der Waals surface area contributed by atoms with Gasteiger partial charge in [0.15, 0.2) is 0 Å². The number of aliphatic carboxylic acids is 1. The van der Waals surface area contributed by atoms with E-state index in [0.29, 0.717) is 42.2 Å². The number of nitrogens with zero attached hydrogens (tertiary/aromatic N) is 2. The zero-order valence-corrected chi connectivity index (χ0v) is 35.5. The number of ether oxygens (including phenoxy) is 2. The summed E-state index contributed by atoms with van der Waals surface area (Å²) in [6.07, 6.45) is 12.6. The highest BCUT2D eigenvalue weighted by atomic mass is 35.5. The number of halogens is 2. The van der Waals surface area contributed by atoms with Crippen molar-refractivity contribution in [3.63, 3.8) is 0 Å². The van der Waals surface area contributed by atoms with E-state index in [-0.39, 0.29) is 17.3 Å². The zero-order chi connectivity index (χ0) is 40.9. The van der Waals surface area contributed by atoms with Crippen LogP contribution in [0.25, 0.3) is 0 Å². The van der Waals surface area contributed by atoms with Gasteiger partial charge in [0.1, 0.15) is 22.9 Å². The first-order valence-corrected chi connectivity index (χ1v) is 21.9. The van der Waals surface area contributed by atoms with E-state index in [1.165, 1.54) is 47.4 Å². The van der Waals surface area contributed by atoms with Gasteiger partial charge in [-0.05, 0) is 186 Å². The second kappa shape index (κ2) is 18.4. The molecule has 3 aromatic carbocycles. The standard InChI is InChI=1S/C49H61ClFN3O4/c1-33(32-57-45-19-25-52-44-12-5-8-34(2)46(44)45)28-38-29-37-15-18-42(58-35(3)9-7-26-54(4)27-20-36-13-16-40(51)17-14-36)31-43(37)48(38)21-23-49(24-22-48,47(55)56)53-41-11-6-10-39(50)30-41/h6,10-11,13-19,25,30-31,33-35,38,53H,5,7-9,12,20-24,26-29,32H2,1-4H3,(H,55,56)/t33-,34-,35?,38?,48?,49?/m1/s1. The van der Waals surface area contributed by atoms with Gasteiger partial charge in [-0.2, -0.15) is 0 Å². The van der Waals surface area contributed by atoms with E-state index in [1.54, 1.807) is 0 Å². The number of pyridine rings is 1. The second-order valence-corrected chi connectivity index (χ2v) is 18.2. The zero-order valence-electron chi connectivity index (χ0n) is 34.7. The van der Waals surface area contributed by atoms with Gasteiger partial charge in [0.05, 0.1) is 12.7 Å². The molecule has 58 heavy (non-hydrogen) atoms. The third kappa shape index (κ3) is 9.66. The summed E-state index contributed by atoms with van der Waals surface area (Å²) >= 11 is 6.32. The molecule has 310 valence electrons. The highest BCUT2D eigenvalue weighted by molar-refractivity contribution is 6.30. The minimum absolute atomic E-state index is 0.0448. The number of likely N-dealkylation sites (N-methyl/N-ethyl adjacent to an activating group) is 1. The second-order valence-electron chi connectivity index (χ2n) is 17.8. The quantitative estimate of drug-likeness (QED) is 0.110. The van der Waals surface area contributed by atoms with Gasteiger partial charge < -0.3 is 24.8 Å². The molecular weight excluding hydrogens is 749 g/mol. The summed E-state index contributed by atoms with van der Waals surface area (Å²) in [5, 5.41) is 14.7. The summed E-state index contributed by atoms with van der Waals surface area (Å²) in [7, 11) is 2.14. The van der Waals surface area contributed by atoms with Crippen LogP contribution >= 0.6 is 11.6 Å². The monoisotopic (exact) mass is 809 g/mol. The van der Waals surface area contributed by atoms with Crippen LogP contribution in [0.15, 0.2) is 79.0 Å². The summed E-state index contributed by atoms with van der Waals surface area (Å²) in [4.78, 5) is 20.1. The lowest BCUT2D eigenvalue weighted by Gasteiger charge is -2.47. The van der Waals surface area contributed by atoms with Gasteiger partial charge in [-0.25, -0.2) is 9.18 Å². The SMILES string of the molecule is CC(CCCN(C)CCc1ccc(F)cc1)Oc1ccc2c(c1)C1(CCC(Nc3cccc(Cl)c3)(C(=O)O)CC1)C(C[C@@H](C)COc1ccnc3c1[C@H](C)CCC3)C2. The van der Waals surface area contributed by atoms with Crippen molar-refractivity contribution in [3.05, 3.63) is 118 Å². The lowest BCUT2D eigenvalue weighted by Crippen LogP contribution is -2.53. The van der Waals surface area contributed by atoms with Gasteiger partial charge in [-0.3, -0.25) is 4.98 Å². The van der Waals surface area contributed by atoms with Crippen molar-refractivity contribution in [3.8, 4) is 11.5 Å². The first kappa shape index (κ1) is 42.0. The van der Waals surface area contributed by atoms with Gasteiger partial charge >= 0.3 is 5.97 Å². The number of fused-ring (bicyclic) bond motifs is 3. The fourth-order valence-electron chi connectivity index (χ4n) is 10.2. The van der Waals surface area contributed by atoms with Gasteiger partial charge in [-0.15, -0.1) is 0 Å². The molecule has 0 radical (unpaired) electrons. The van der Waals surface area contributed by atoms with Crippen molar-refractivity contribution >= 4 is 23.3 Å². The largest absolute Gasteiger partial charge is 0.493 e. The Morgan fingerprint density at radius 2 is 1.84 bits per heavy atom. The number of nitrogens with one attached hydrogen (secondary N) is 1. The van der Waals surface area contributed by atoms with Crippen molar-refractivity contribution in [1.82, 2.24) is 9.88 Å². The summed E-state index contributed by atoms with van der Waals surface area (Å²) < 4.78 is 26.5. The van der Waals surface area contributed by atoms with Gasteiger partial charge in [0.2, 0.25) is 0 Å². The Labute approximate surface area is 349 Å². The predicted octanol–water partition coefficient (Wildman–Crippen LogP) is 11.1. The molecule has 0 aliphatic heterocycles. The molecule has 3 aliphatic carbocycles. The molecule has 4 aromatic rings. The van der Waals surface area contributed by atoms with Crippen molar-refractivity contribution in [2.24, 2.45) is 11.8 Å². The van der Waals surface area contributed by atoms with E-state index in [2.05, 4.69) is 61.2 Å². The van der Waals surface area contributed by atoms with Crippen LogP contribution < -0.4 is 14.8 Å². The third-order valence-corrected chi connectivity index (χ3v) is 13.7. The highest BCUT2D eigenvalue weighted by Gasteiger charge is 2.54. The van der Waals surface area contributed by atoms with Crippen molar-refractivity contribution in [1.29, 1.82) is 0 Å². The molecule has 1 heterocycles. The van der Waals surface area contributed by atoms with Crippen LogP contribution in [-0.4, -0.2) is 59.3 Å². The summed E-state index contributed by atoms with van der Waals surface area (Å²) in [5.74, 6) is 1.96. The number of aryl methyl sites for hydroxylation is 1. The molecule has 1 spiro atoms. The van der Waals surface area contributed by atoms with Gasteiger partial charge in [0.25, 0.3) is 0 Å². The van der Waals surface area contributed by atoms with E-state index in [0.717, 1.165) is 87.2 Å². The fraction of sp³-hybridized carbons (Fsp3) is 0.510. The molecule has 0 saturated heterocycles. The number of aromatic nitrogens is 1. The van der Waals surface area contributed by atoms with E-state index >= 15 is 0 Å². The summed E-state index contributed by atoms with van der Waals surface area (Å²) in [6, 6.07) is 22.9. The minimum Gasteiger partial charge on any atom is -0.493 e. The molecule has 1 aromatic heterocycles. The first-order valence-electron chi connectivity index (χ1n) is 21.5. The Morgan fingerprint density at radius 1 is 1.05 bits per heavy atom. The van der Waals surface area contributed by atoms with Crippen LogP contribution in [0, 0.1) is 17.7 Å². The predicted molar refractivity (Wildman–Crippen MR) is 231 cm³/mol. The summed E-state index contributed by atoms with van der Waals surface area (Å²) in [6.45, 7) is 9.25. The molecule has 1 saturated carbocycles. The Hall–Kier alpha value is -4.14. The number of carboxylic acid groups (broad SMARTS) is 1. The lowest BCUT2D eigenvalue weighted by atomic mass is 9.59. The minimum atomic E-state index is -1.08. The average Bonchev–Trinajstić information content (AvgIpc) is 3.48. The van der Waals surface area contributed by atoms with Crippen molar-refractivity contribution in [2.75, 3.05) is 32.1 Å². The summed E-state index contributed by atoms with van der Waals surface area (Å²) in [5.41, 5.74) is 5.78. The molecule has 4 atom stereocenters. The Bertz CT molecular complexity index is 2020. The Morgan fingerprint density at radius 3 is 2.60 bits per heavy atom. The van der Waals surface area contributed by atoms with Crippen LogP contribution in [-0.2, 0) is 29.5 Å². The molecule has 0 bridgehead atoms.